The molecule has 0 saturated carbocycles. The fourth-order valence-corrected chi connectivity index (χ4v) is 1.94. The molecule has 2 unspecified atom stereocenters. The molecule has 1 aromatic heterocycles. The van der Waals surface area contributed by atoms with E-state index in [2.05, 4.69) is 43.2 Å². The molecule has 3 heteroatoms. The van der Waals surface area contributed by atoms with Gasteiger partial charge in [0, 0.05) is 24.1 Å². The van der Waals surface area contributed by atoms with Crippen LogP contribution in [0.5, 0.6) is 5.75 Å². The van der Waals surface area contributed by atoms with Crippen LogP contribution >= 0.6 is 0 Å². The van der Waals surface area contributed by atoms with Gasteiger partial charge in [0.2, 0.25) is 0 Å². The molecule has 20 heavy (non-hydrogen) atoms. The summed E-state index contributed by atoms with van der Waals surface area (Å²) in [6.45, 7) is 6.33. The van der Waals surface area contributed by atoms with Gasteiger partial charge in [0.15, 0.2) is 0 Å². The summed E-state index contributed by atoms with van der Waals surface area (Å²) in [5.41, 5.74) is 2.22. The average molecular weight is 270 g/mol. The van der Waals surface area contributed by atoms with E-state index in [1.807, 2.05) is 30.5 Å². The number of pyridine rings is 1. The molecule has 3 nitrogen and oxygen atoms in total. The smallest absolute Gasteiger partial charge is 0.121 e. The second-order valence-corrected chi connectivity index (χ2v) is 5.02. The van der Waals surface area contributed by atoms with E-state index in [1.165, 1.54) is 5.56 Å². The number of nitrogens with zero attached hydrogens (tertiary/aromatic N) is 1. The molecule has 0 fully saturated rings. The van der Waals surface area contributed by atoms with Crippen LogP contribution in [0.25, 0.3) is 0 Å². The highest BCUT2D eigenvalue weighted by molar-refractivity contribution is 5.49. The number of rotatable bonds is 6. The minimum atomic E-state index is 0.211. The minimum Gasteiger partial charge on any atom is -0.491 e. The molecular weight excluding hydrogens is 248 g/mol. The summed E-state index contributed by atoms with van der Waals surface area (Å²) in [6.07, 6.45) is 4.92. The zero-order valence-corrected chi connectivity index (χ0v) is 12.3. The van der Waals surface area contributed by atoms with Crippen molar-refractivity contribution >= 4 is 5.69 Å². The predicted molar refractivity (Wildman–Crippen MR) is 83.1 cm³/mol. The lowest BCUT2D eigenvalue weighted by atomic mass is 10.1. The zero-order chi connectivity index (χ0) is 14.4. The monoisotopic (exact) mass is 270 g/mol. The topological polar surface area (TPSA) is 34.1 Å². The van der Waals surface area contributed by atoms with Crippen molar-refractivity contribution in [2.24, 2.45) is 0 Å². The van der Waals surface area contributed by atoms with Gasteiger partial charge >= 0.3 is 0 Å². The molecule has 0 radical (unpaired) electrons. The Balaban J connectivity index is 2.04. The normalized spacial score (nSPS) is 13.6. The highest BCUT2D eigenvalue weighted by Crippen LogP contribution is 2.23. The molecule has 0 spiro atoms. The molecule has 1 N–H and O–H groups in total. The van der Waals surface area contributed by atoms with Crippen LogP contribution < -0.4 is 10.1 Å². The van der Waals surface area contributed by atoms with Gasteiger partial charge in [-0.1, -0.05) is 19.1 Å². The number of hydrogen-bond donors (Lipinski definition) is 1. The molecule has 0 saturated heterocycles. The Kier molecular flexibility index (Phi) is 4.99. The van der Waals surface area contributed by atoms with E-state index in [1.54, 1.807) is 6.20 Å². The van der Waals surface area contributed by atoms with Crippen molar-refractivity contribution in [1.82, 2.24) is 4.98 Å². The molecule has 0 aliphatic rings. The SMILES string of the molecule is CCC(C)Oc1cccc(NC(C)c2cccnc2)c1. The lowest BCUT2D eigenvalue weighted by Gasteiger charge is -2.17. The van der Waals surface area contributed by atoms with Crippen LogP contribution in [0.3, 0.4) is 0 Å². The molecule has 0 bridgehead atoms. The summed E-state index contributed by atoms with van der Waals surface area (Å²) in [4.78, 5) is 4.15. The van der Waals surface area contributed by atoms with E-state index < -0.39 is 0 Å². The number of ether oxygens (including phenoxy) is 1. The minimum absolute atomic E-state index is 0.211. The standard InChI is InChI=1S/C17H22N2O/c1-4-13(2)20-17-9-5-8-16(11-17)19-14(3)15-7-6-10-18-12-15/h5-14,19H,4H2,1-3H3. The third-order valence-corrected chi connectivity index (χ3v) is 3.31. The van der Waals surface area contributed by atoms with Crippen LogP contribution in [0, 0.1) is 0 Å². The molecule has 2 aromatic rings. The van der Waals surface area contributed by atoms with Crippen molar-refractivity contribution in [3.8, 4) is 5.75 Å². The van der Waals surface area contributed by atoms with Crippen LogP contribution in [-0.2, 0) is 0 Å². The first-order valence-corrected chi connectivity index (χ1v) is 7.12. The van der Waals surface area contributed by atoms with Gasteiger partial charge in [-0.05, 0) is 44.0 Å². The zero-order valence-electron chi connectivity index (χ0n) is 12.3. The van der Waals surface area contributed by atoms with E-state index >= 15 is 0 Å². The number of nitrogens with one attached hydrogen (secondary N) is 1. The third-order valence-electron chi connectivity index (χ3n) is 3.31. The molecule has 0 aliphatic heterocycles. The van der Waals surface area contributed by atoms with E-state index in [0.29, 0.717) is 0 Å². The Morgan fingerprint density at radius 3 is 2.75 bits per heavy atom. The Labute approximate surface area is 121 Å². The van der Waals surface area contributed by atoms with Gasteiger partial charge in [-0.15, -0.1) is 0 Å². The largest absolute Gasteiger partial charge is 0.491 e. The van der Waals surface area contributed by atoms with Crippen LogP contribution in [0.15, 0.2) is 48.8 Å². The predicted octanol–water partition coefficient (Wildman–Crippen LogP) is 4.43. The van der Waals surface area contributed by atoms with Crippen molar-refractivity contribution in [3.05, 3.63) is 54.4 Å². The summed E-state index contributed by atoms with van der Waals surface area (Å²) in [6, 6.07) is 12.3. The van der Waals surface area contributed by atoms with Gasteiger partial charge in [0.05, 0.1) is 12.1 Å². The fraction of sp³-hybridized carbons (Fsp3) is 0.353. The average Bonchev–Trinajstić information content (AvgIpc) is 2.48. The van der Waals surface area contributed by atoms with Crippen molar-refractivity contribution in [3.63, 3.8) is 0 Å². The van der Waals surface area contributed by atoms with Gasteiger partial charge in [0.1, 0.15) is 5.75 Å². The first-order valence-electron chi connectivity index (χ1n) is 7.12. The first kappa shape index (κ1) is 14.4. The highest BCUT2D eigenvalue weighted by Gasteiger charge is 2.06. The summed E-state index contributed by atoms with van der Waals surface area (Å²) in [5, 5.41) is 3.47. The van der Waals surface area contributed by atoms with Gasteiger partial charge in [0.25, 0.3) is 0 Å². The lowest BCUT2D eigenvalue weighted by Crippen LogP contribution is -2.10. The van der Waals surface area contributed by atoms with Crippen molar-refractivity contribution < 1.29 is 4.74 Å². The first-order chi connectivity index (χ1) is 9.69. The maximum Gasteiger partial charge on any atom is 0.121 e. The van der Waals surface area contributed by atoms with Crippen molar-refractivity contribution in [1.29, 1.82) is 0 Å². The Morgan fingerprint density at radius 1 is 1.20 bits per heavy atom. The summed E-state index contributed by atoms with van der Waals surface area (Å²) >= 11 is 0. The summed E-state index contributed by atoms with van der Waals surface area (Å²) in [5.74, 6) is 0.905. The van der Waals surface area contributed by atoms with E-state index in [-0.39, 0.29) is 12.1 Å². The second kappa shape index (κ2) is 6.94. The lowest BCUT2D eigenvalue weighted by molar-refractivity contribution is 0.217. The second-order valence-electron chi connectivity index (χ2n) is 5.02. The number of benzene rings is 1. The third kappa shape index (κ3) is 3.98. The molecule has 1 aromatic carbocycles. The van der Waals surface area contributed by atoms with Gasteiger partial charge in [-0.3, -0.25) is 4.98 Å². The number of hydrogen-bond acceptors (Lipinski definition) is 3. The van der Waals surface area contributed by atoms with Crippen LogP contribution in [0.2, 0.25) is 0 Å². The Bertz CT molecular complexity index is 528. The van der Waals surface area contributed by atoms with Crippen molar-refractivity contribution in [2.45, 2.75) is 39.3 Å². The molecule has 0 amide bonds. The maximum absolute atomic E-state index is 5.84. The van der Waals surface area contributed by atoms with Crippen LogP contribution in [0.1, 0.15) is 38.8 Å². The van der Waals surface area contributed by atoms with Crippen LogP contribution in [-0.4, -0.2) is 11.1 Å². The fourth-order valence-electron chi connectivity index (χ4n) is 1.94. The quantitative estimate of drug-likeness (QED) is 0.843. The van der Waals surface area contributed by atoms with Gasteiger partial charge in [-0.25, -0.2) is 0 Å². The van der Waals surface area contributed by atoms with E-state index in [9.17, 15) is 0 Å². The molecule has 1 heterocycles. The summed E-state index contributed by atoms with van der Waals surface area (Å²) in [7, 11) is 0. The van der Waals surface area contributed by atoms with E-state index in [0.717, 1.165) is 17.9 Å². The van der Waals surface area contributed by atoms with E-state index in [4.69, 9.17) is 4.74 Å². The number of aromatic nitrogens is 1. The molecule has 2 atom stereocenters. The maximum atomic E-state index is 5.84. The number of anilines is 1. The van der Waals surface area contributed by atoms with Gasteiger partial charge < -0.3 is 10.1 Å². The van der Waals surface area contributed by atoms with Crippen molar-refractivity contribution in [2.75, 3.05) is 5.32 Å². The Hall–Kier alpha value is -2.03. The Morgan fingerprint density at radius 2 is 2.05 bits per heavy atom. The molecule has 106 valence electrons. The molecule has 0 aliphatic carbocycles. The molecular formula is C17H22N2O. The van der Waals surface area contributed by atoms with Crippen LogP contribution in [0.4, 0.5) is 5.69 Å². The highest BCUT2D eigenvalue weighted by atomic mass is 16.5. The summed E-state index contributed by atoms with van der Waals surface area (Å²) < 4.78 is 5.84. The molecule has 2 rings (SSSR count). The van der Waals surface area contributed by atoms with Gasteiger partial charge in [-0.2, -0.15) is 0 Å².